The van der Waals surface area contributed by atoms with Gasteiger partial charge in [-0.1, -0.05) is 0 Å². The van der Waals surface area contributed by atoms with Crippen molar-refractivity contribution >= 4 is 11.5 Å². The van der Waals surface area contributed by atoms with Crippen LogP contribution >= 0.6 is 0 Å². The highest BCUT2D eigenvalue weighted by Crippen LogP contribution is 2.21. The second kappa shape index (κ2) is 4.22. The Labute approximate surface area is 86.4 Å². The van der Waals surface area contributed by atoms with Gasteiger partial charge in [0, 0.05) is 25.4 Å². The first-order valence-corrected chi connectivity index (χ1v) is 4.72. The molecule has 1 aromatic rings. The van der Waals surface area contributed by atoms with Crippen LogP contribution in [0.4, 0.5) is 11.5 Å². The maximum atomic E-state index is 10.6. The Balaban J connectivity index is 2.02. The van der Waals surface area contributed by atoms with Gasteiger partial charge in [0.15, 0.2) is 0 Å². The third kappa shape index (κ3) is 2.21. The first kappa shape index (κ1) is 9.85. The van der Waals surface area contributed by atoms with Crippen LogP contribution in [0.25, 0.3) is 0 Å². The van der Waals surface area contributed by atoms with Crippen LogP contribution in [-0.2, 0) is 4.74 Å². The summed E-state index contributed by atoms with van der Waals surface area (Å²) in [5.41, 5.74) is -0.00294. The maximum absolute atomic E-state index is 10.6. The zero-order chi connectivity index (χ0) is 10.7. The van der Waals surface area contributed by atoms with Crippen molar-refractivity contribution in [3.05, 3.63) is 28.4 Å². The Morgan fingerprint density at radius 3 is 3.13 bits per heavy atom. The predicted molar refractivity (Wildman–Crippen MR) is 53.7 cm³/mol. The number of ether oxygens (including phenoxy) is 1. The van der Waals surface area contributed by atoms with Crippen LogP contribution in [0.15, 0.2) is 18.3 Å². The van der Waals surface area contributed by atoms with Crippen molar-refractivity contribution in [3.8, 4) is 0 Å². The van der Waals surface area contributed by atoms with Crippen molar-refractivity contribution in [2.45, 2.75) is 12.5 Å². The third-order valence-corrected chi connectivity index (χ3v) is 2.27. The van der Waals surface area contributed by atoms with E-state index in [-0.39, 0.29) is 11.8 Å². The SMILES string of the molecule is O=[N+]([O-])c1cccnc1NCC1CCO1. The zero-order valence-corrected chi connectivity index (χ0v) is 8.05. The minimum Gasteiger partial charge on any atom is -0.376 e. The van der Waals surface area contributed by atoms with E-state index < -0.39 is 4.92 Å². The molecule has 1 N–H and O–H groups in total. The van der Waals surface area contributed by atoms with E-state index >= 15 is 0 Å². The van der Waals surface area contributed by atoms with Gasteiger partial charge in [0.2, 0.25) is 5.82 Å². The standard InChI is InChI=1S/C9H11N3O3/c13-12(14)8-2-1-4-10-9(8)11-6-7-3-5-15-7/h1-2,4,7H,3,5-6H2,(H,10,11). The van der Waals surface area contributed by atoms with E-state index in [9.17, 15) is 10.1 Å². The second-order valence-electron chi connectivity index (χ2n) is 3.29. The fourth-order valence-electron chi connectivity index (χ4n) is 1.34. The summed E-state index contributed by atoms with van der Waals surface area (Å²) in [7, 11) is 0. The van der Waals surface area contributed by atoms with Gasteiger partial charge < -0.3 is 10.1 Å². The van der Waals surface area contributed by atoms with E-state index in [0.717, 1.165) is 13.0 Å². The summed E-state index contributed by atoms with van der Waals surface area (Å²) >= 11 is 0. The predicted octanol–water partition coefficient (Wildman–Crippen LogP) is 1.19. The molecule has 0 aromatic carbocycles. The molecule has 0 amide bonds. The molecule has 1 unspecified atom stereocenters. The highest BCUT2D eigenvalue weighted by atomic mass is 16.6. The number of anilines is 1. The van der Waals surface area contributed by atoms with Crippen molar-refractivity contribution < 1.29 is 9.66 Å². The molecule has 1 saturated heterocycles. The topological polar surface area (TPSA) is 77.3 Å². The van der Waals surface area contributed by atoms with Crippen molar-refractivity contribution in [2.24, 2.45) is 0 Å². The van der Waals surface area contributed by atoms with Gasteiger partial charge in [-0.3, -0.25) is 10.1 Å². The molecule has 1 aliphatic rings. The molecular formula is C9H11N3O3. The monoisotopic (exact) mass is 209 g/mol. The van der Waals surface area contributed by atoms with E-state index in [1.165, 1.54) is 12.3 Å². The quantitative estimate of drug-likeness (QED) is 0.595. The summed E-state index contributed by atoms with van der Waals surface area (Å²) in [6.45, 7) is 1.34. The molecule has 0 saturated carbocycles. The van der Waals surface area contributed by atoms with Crippen LogP contribution in [0.2, 0.25) is 0 Å². The number of hydrogen-bond acceptors (Lipinski definition) is 5. The summed E-state index contributed by atoms with van der Waals surface area (Å²) in [6, 6.07) is 2.97. The maximum Gasteiger partial charge on any atom is 0.311 e. The van der Waals surface area contributed by atoms with Crippen LogP contribution in [0.1, 0.15) is 6.42 Å². The zero-order valence-electron chi connectivity index (χ0n) is 8.05. The highest BCUT2D eigenvalue weighted by molar-refractivity contribution is 5.55. The summed E-state index contributed by atoms with van der Waals surface area (Å²) in [5, 5.41) is 13.6. The Kier molecular flexibility index (Phi) is 2.77. The van der Waals surface area contributed by atoms with Gasteiger partial charge >= 0.3 is 5.69 Å². The van der Waals surface area contributed by atoms with Crippen LogP contribution in [0.3, 0.4) is 0 Å². The minimum absolute atomic E-state index is 0.00294. The molecule has 1 fully saturated rings. The number of nitrogens with one attached hydrogen (secondary N) is 1. The van der Waals surface area contributed by atoms with Crippen molar-refractivity contribution in [2.75, 3.05) is 18.5 Å². The van der Waals surface area contributed by atoms with E-state index in [2.05, 4.69) is 10.3 Å². The average molecular weight is 209 g/mol. The smallest absolute Gasteiger partial charge is 0.311 e. The van der Waals surface area contributed by atoms with Crippen LogP contribution < -0.4 is 5.32 Å². The highest BCUT2D eigenvalue weighted by Gasteiger charge is 2.20. The van der Waals surface area contributed by atoms with E-state index in [1.54, 1.807) is 6.07 Å². The first-order chi connectivity index (χ1) is 7.27. The normalized spacial score (nSPS) is 19.3. The number of pyridine rings is 1. The van der Waals surface area contributed by atoms with Crippen molar-refractivity contribution in [1.29, 1.82) is 0 Å². The van der Waals surface area contributed by atoms with Crippen molar-refractivity contribution in [3.63, 3.8) is 0 Å². The van der Waals surface area contributed by atoms with Crippen LogP contribution in [0, 0.1) is 10.1 Å². The molecule has 0 spiro atoms. The molecule has 0 bridgehead atoms. The summed E-state index contributed by atoms with van der Waals surface area (Å²) in [4.78, 5) is 14.1. The van der Waals surface area contributed by atoms with E-state index in [1.807, 2.05) is 0 Å². The molecule has 6 heteroatoms. The number of hydrogen-bond donors (Lipinski definition) is 1. The molecule has 1 aliphatic heterocycles. The lowest BCUT2D eigenvalue weighted by molar-refractivity contribution is -0.384. The largest absolute Gasteiger partial charge is 0.376 e. The fraction of sp³-hybridized carbons (Fsp3) is 0.444. The molecule has 0 radical (unpaired) electrons. The lowest BCUT2D eigenvalue weighted by Gasteiger charge is -2.26. The van der Waals surface area contributed by atoms with Crippen molar-refractivity contribution in [1.82, 2.24) is 4.98 Å². The van der Waals surface area contributed by atoms with E-state index in [4.69, 9.17) is 4.74 Å². The molecule has 1 aromatic heterocycles. The van der Waals surface area contributed by atoms with Gasteiger partial charge in [-0.15, -0.1) is 0 Å². The molecular weight excluding hydrogens is 198 g/mol. The lowest BCUT2D eigenvalue weighted by atomic mass is 10.2. The molecule has 80 valence electrons. The van der Waals surface area contributed by atoms with Gasteiger partial charge in [0.25, 0.3) is 0 Å². The Morgan fingerprint density at radius 1 is 1.73 bits per heavy atom. The number of rotatable bonds is 4. The molecule has 2 heterocycles. The second-order valence-corrected chi connectivity index (χ2v) is 3.29. The molecule has 6 nitrogen and oxygen atoms in total. The third-order valence-electron chi connectivity index (χ3n) is 2.27. The Morgan fingerprint density at radius 2 is 2.53 bits per heavy atom. The summed E-state index contributed by atoms with van der Waals surface area (Å²) in [6.07, 6.45) is 2.68. The molecule has 2 rings (SSSR count). The summed E-state index contributed by atoms with van der Waals surface area (Å²) < 4.78 is 5.19. The lowest BCUT2D eigenvalue weighted by Crippen LogP contribution is -2.33. The van der Waals surface area contributed by atoms with Gasteiger partial charge in [0.05, 0.1) is 11.0 Å². The van der Waals surface area contributed by atoms with Gasteiger partial charge in [0.1, 0.15) is 0 Å². The molecule has 15 heavy (non-hydrogen) atoms. The minimum atomic E-state index is -0.447. The number of aromatic nitrogens is 1. The number of nitrogens with zero attached hydrogens (tertiary/aromatic N) is 2. The molecule has 1 atom stereocenters. The molecule has 0 aliphatic carbocycles. The van der Waals surface area contributed by atoms with Crippen LogP contribution in [0.5, 0.6) is 0 Å². The van der Waals surface area contributed by atoms with Crippen LogP contribution in [-0.4, -0.2) is 29.2 Å². The van der Waals surface area contributed by atoms with E-state index in [0.29, 0.717) is 12.4 Å². The first-order valence-electron chi connectivity index (χ1n) is 4.72. The Hall–Kier alpha value is -1.69. The number of nitro groups is 1. The average Bonchev–Trinajstić information content (AvgIpc) is 2.16. The van der Waals surface area contributed by atoms with Gasteiger partial charge in [-0.05, 0) is 12.5 Å². The van der Waals surface area contributed by atoms with Gasteiger partial charge in [-0.25, -0.2) is 4.98 Å². The van der Waals surface area contributed by atoms with Gasteiger partial charge in [-0.2, -0.15) is 0 Å². The fourth-order valence-corrected chi connectivity index (χ4v) is 1.34. The summed E-state index contributed by atoms with van der Waals surface area (Å²) in [5.74, 6) is 0.304. The Bertz CT molecular complexity index is 365.